The van der Waals surface area contributed by atoms with E-state index in [0.717, 1.165) is 10.4 Å². The predicted molar refractivity (Wildman–Crippen MR) is 95.3 cm³/mol. The van der Waals surface area contributed by atoms with Crippen LogP contribution in [0.4, 0.5) is 0 Å². The Bertz CT molecular complexity index is 743. The number of hydrogen-bond acceptors (Lipinski definition) is 5. The first-order valence-electron chi connectivity index (χ1n) is 7.80. The first kappa shape index (κ1) is 18.7. The van der Waals surface area contributed by atoms with E-state index in [9.17, 15) is 14.4 Å². The van der Waals surface area contributed by atoms with Crippen LogP contribution in [0.2, 0.25) is 0 Å². The molecule has 0 unspecified atom stereocenters. The van der Waals surface area contributed by atoms with E-state index in [0.29, 0.717) is 4.88 Å². The molecular formula is C18H20N2O4S. The van der Waals surface area contributed by atoms with Crippen LogP contribution in [0.25, 0.3) is 0 Å². The maximum Gasteiger partial charge on any atom is 0.325 e. The van der Waals surface area contributed by atoms with Crippen molar-refractivity contribution in [2.24, 2.45) is 0 Å². The van der Waals surface area contributed by atoms with Crippen LogP contribution in [0.15, 0.2) is 42.5 Å². The minimum absolute atomic E-state index is 0.186. The van der Waals surface area contributed by atoms with Gasteiger partial charge < -0.3 is 15.4 Å². The lowest BCUT2D eigenvalue weighted by atomic mass is 10.1. The standard InChI is InChI=1S/C18H20N2O4S/c1-12-8-9-15(25-12)18(23)19-10-17(22)24-11-16(21)20-13(2)14-6-4-3-5-7-14/h3-9,13H,10-11H2,1-2H3,(H,19,23)(H,20,21)/t13-/m0/s1. The molecule has 0 aliphatic carbocycles. The number of amides is 2. The van der Waals surface area contributed by atoms with E-state index in [1.807, 2.05) is 50.2 Å². The Labute approximate surface area is 150 Å². The van der Waals surface area contributed by atoms with E-state index in [1.165, 1.54) is 11.3 Å². The summed E-state index contributed by atoms with van der Waals surface area (Å²) >= 11 is 1.34. The van der Waals surface area contributed by atoms with Gasteiger partial charge in [0.1, 0.15) is 6.54 Å². The molecule has 25 heavy (non-hydrogen) atoms. The zero-order valence-electron chi connectivity index (χ0n) is 14.1. The summed E-state index contributed by atoms with van der Waals surface area (Å²) in [5.41, 5.74) is 0.959. The molecule has 7 heteroatoms. The monoisotopic (exact) mass is 360 g/mol. The number of thiophene rings is 1. The second-order valence-corrected chi connectivity index (χ2v) is 6.74. The van der Waals surface area contributed by atoms with Crippen molar-refractivity contribution in [3.05, 3.63) is 57.8 Å². The molecule has 1 aromatic heterocycles. The predicted octanol–water partition coefficient (Wildman–Crippen LogP) is 2.21. The van der Waals surface area contributed by atoms with Gasteiger partial charge in [0, 0.05) is 4.88 Å². The lowest BCUT2D eigenvalue weighted by Crippen LogP contribution is -2.34. The Morgan fingerprint density at radius 3 is 2.48 bits per heavy atom. The van der Waals surface area contributed by atoms with Gasteiger partial charge in [-0.3, -0.25) is 14.4 Å². The third-order valence-electron chi connectivity index (χ3n) is 3.40. The van der Waals surface area contributed by atoms with Crippen molar-refractivity contribution in [2.75, 3.05) is 13.2 Å². The van der Waals surface area contributed by atoms with Crippen LogP contribution >= 0.6 is 11.3 Å². The Morgan fingerprint density at radius 1 is 1.12 bits per heavy atom. The van der Waals surface area contributed by atoms with E-state index in [1.54, 1.807) is 6.07 Å². The second kappa shape index (κ2) is 8.98. The molecule has 1 aromatic carbocycles. The van der Waals surface area contributed by atoms with Gasteiger partial charge in [-0.25, -0.2) is 0 Å². The fraction of sp³-hybridized carbons (Fsp3) is 0.278. The normalized spacial score (nSPS) is 11.4. The minimum atomic E-state index is -0.663. The molecule has 1 atom stereocenters. The van der Waals surface area contributed by atoms with Gasteiger partial charge in [0.2, 0.25) is 0 Å². The largest absolute Gasteiger partial charge is 0.454 e. The highest BCUT2D eigenvalue weighted by Gasteiger charge is 2.13. The highest BCUT2D eigenvalue weighted by Crippen LogP contribution is 2.14. The number of carbonyl (C=O) groups is 3. The maximum absolute atomic E-state index is 11.8. The van der Waals surface area contributed by atoms with E-state index in [-0.39, 0.29) is 25.1 Å². The molecule has 2 amide bonds. The van der Waals surface area contributed by atoms with Crippen molar-refractivity contribution < 1.29 is 19.1 Å². The van der Waals surface area contributed by atoms with Crippen molar-refractivity contribution in [2.45, 2.75) is 19.9 Å². The van der Waals surface area contributed by atoms with Crippen molar-refractivity contribution in [3.63, 3.8) is 0 Å². The molecule has 1 heterocycles. The third kappa shape index (κ3) is 6.04. The van der Waals surface area contributed by atoms with E-state index in [4.69, 9.17) is 4.74 Å². The van der Waals surface area contributed by atoms with Gasteiger partial charge in [-0.2, -0.15) is 0 Å². The average Bonchev–Trinajstić information content (AvgIpc) is 3.05. The molecule has 0 spiro atoms. The molecule has 0 fully saturated rings. The highest BCUT2D eigenvalue weighted by atomic mass is 32.1. The van der Waals surface area contributed by atoms with Gasteiger partial charge in [0.15, 0.2) is 6.61 Å². The van der Waals surface area contributed by atoms with Crippen LogP contribution in [0.5, 0.6) is 0 Å². The Kier molecular flexibility index (Phi) is 6.71. The number of hydrogen-bond donors (Lipinski definition) is 2. The average molecular weight is 360 g/mol. The lowest BCUT2D eigenvalue weighted by molar-refractivity contribution is -0.147. The minimum Gasteiger partial charge on any atom is -0.454 e. The summed E-state index contributed by atoms with van der Waals surface area (Å²) in [7, 11) is 0. The summed E-state index contributed by atoms with van der Waals surface area (Å²) in [6.07, 6.45) is 0. The van der Waals surface area contributed by atoms with Crippen LogP contribution in [0, 0.1) is 6.92 Å². The molecule has 0 saturated carbocycles. The van der Waals surface area contributed by atoms with Crippen molar-refractivity contribution in [3.8, 4) is 0 Å². The van der Waals surface area contributed by atoms with Gasteiger partial charge in [-0.15, -0.1) is 11.3 Å². The SMILES string of the molecule is Cc1ccc(C(=O)NCC(=O)OCC(=O)N[C@@H](C)c2ccccc2)s1. The second-order valence-electron chi connectivity index (χ2n) is 5.45. The smallest absolute Gasteiger partial charge is 0.325 e. The van der Waals surface area contributed by atoms with Crippen LogP contribution in [0.3, 0.4) is 0 Å². The summed E-state index contributed by atoms with van der Waals surface area (Å²) in [6, 6.07) is 12.8. The summed E-state index contributed by atoms with van der Waals surface area (Å²) < 4.78 is 4.87. The number of benzene rings is 1. The quantitative estimate of drug-likeness (QED) is 0.742. The molecule has 0 bridgehead atoms. The maximum atomic E-state index is 11.8. The topological polar surface area (TPSA) is 84.5 Å². The molecule has 0 saturated heterocycles. The summed E-state index contributed by atoms with van der Waals surface area (Å²) in [5, 5.41) is 5.21. The van der Waals surface area contributed by atoms with E-state index >= 15 is 0 Å². The number of carbonyl (C=O) groups excluding carboxylic acids is 3. The number of rotatable bonds is 7. The Hall–Kier alpha value is -2.67. The fourth-order valence-electron chi connectivity index (χ4n) is 2.10. The van der Waals surface area contributed by atoms with Gasteiger partial charge >= 0.3 is 5.97 Å². The van der Waals surface area contributed by atoms with Crippen LogP contribution in [0.1, 0.15) is 33.1 Å². The van der Waals surface area contributed by atoms with Gasteiger partial charge in [0.05, 0.1) is 10.9 Å². The first-order valence-corrected chi connectivity index (χ1v) is 8.62. The summed E-state index contributed by atoms with van der Waals surface area (Å²) in [5.74, 6) is -1.40. The van der Waals surface area contributed by atoms with Crippen molar-refractivity contribution in [1.82, 2.24) is 10.6 Å². The number of aryl methyl sites for hydroxylation is 1. The molecular weight excluding hydrogens is 340 g/mol. The van der Waals surface area contributed by atoms with Gasteiger partial charge in [0.25, 0.3) is 11.8 Å². The van der Waals surface area contributed by atoms with Crippen LogP contribution in [-0.4, -0.2) is 30.9 Å². The summed E-state index contributed by atoms with van der Waals surface area (Å²) in [4.78, 5) is 36.8. The number of ether oxygens (including phenoxy) is 1. The van der Waals surface area contributed by atoms with Gasteiger partial charge in [-0.05, 0) is 31.5 Å². The molecule has 132 valence electrons. The summed E-state index contributed by atoms with van der Waals surface area (Å²) in [6.45, 7) is 3.07. The number of esters is 1. The molecule has 0 aliphatic heterocycles. The molecule has 2 rings (SSSR count). The number of nitrogens with one attached hydrogen (secondary N) is 2. The van der Waals surface area contributed by atoms with Crippen LogP contribution in [-0.2, 0) is 14.3 Å². The Balaban J connectivity index is 1.69. The first-order chi connectivity index (χ1) is 12.0. The van der Waals surface area contributed by atoms with Crippen molar-refractivity contribution in [1.29, 1.82) is 0 Å². The van der Waals surface area contributed by atoms with Gasteiger partial charge in [-0.1, -0.05) is 30.3 Å². The van der Waals surface area contributed by atoms with E-state index < -0.39 is 11.9 Å². The van der Waals surface area contributed by atoms with Crippen LogP contribution < -0.4 is 10.6 Å². The molecule has 0 aliphatic rings. The van der Waals surface area contributed by atoms with Crippen molar-refractivity contribution >= 4 is 29.1 Å². The lowest BCUT2D eigenvalue weighted by Gasteiger charge is -2.14. The zero-order valence-corrected chi connectivity index (χ0v) is 14.9. The Morgan fingerprint density at radius 2 is 1.84 bits per heavy atom. The highest BCUT2D eigenvalue weighted by molar-refractivity contribution is 7.13. The van der Waals surface area contributed by atoms with E-state index in [2.05, 4.69) is 10.6 Å². The molecule has 2 N–H and O–H groups in total. The molecule has 2 aromatic rings. The molecule has 6 nitrogen and oxygen atoms in total. The zero-order chi connectivity index (χ0) is 18.2. The fourth-order valence-corrected chi connectivity index (χ4v) is 2.89. The third-order valence-corrected chi connectivity index (χ3v) is 4.40. The molecule has 0 radical (unpaired) electrons.